The van der Waals surface area contributed by atoms with Gasteiger partial charge in [0, 0.05) is 24.4 Å². The van der Waals surface area contributed by atoms with Crippen LogP contribution in [0.15, 0.2) is 24.3 Å². The number of carboxylic acid groups (broad SMARTS) is 1. The van der Waals surface area contributed by atoms with Crippen molar-refractivity contribution in [3.63, 3.8) is 0 Å². The number of likely N-dealkylation sites (tertiary alicyclic amines) is 1. The lowest BCUT2D eigenvalue weighted by molar-refractivity contribution is -0.384. The van der Waals surface area contributed by atoms with Gasteiger partial charge in [0.2, 0.25) is 23.6 Å². The van der Waals surface area contributed by atoms with E-state index < -0.39 is 76.8 Å². The van der Waals surface area contributed by atoms with Gasteiger partial charge in [0.1, 0.15) is 29.8 Å². The molecule has 0 spiro atoms. The van der Waals surface area contributed by atoms with Gasteiger partial charge in [0.15, 0.2) is 0 Å². The Kier molecular flexibility index (Phi) is 11.3. The van der Waals surface area contributed by atoms with E-state index in [4.69, 9.17) is 4.74 Å². The molecule has 0 bridgehead atoms. The Labute approximate surface area is 241 Å². The Morgan fingerprint density at radius 2 is 1.64 bits per heavy atom. The number of nitrogens with one attached hydrogen (secondary N) is 4. The second kappa shape index (κ2) is 14.2. The number of nitrogens with zero attached hydrogens (tertiary/aromatic N) is 2. The minimum Gasteiger partial charge on any atom is -0.481 e. The average molecular weight is 593 g/mol. The third-order valence-electron chi connectivity index (χ3n) is 6.05. The number of benzene rings is 1. The van der Waals surface area contributed by atoms with Crippen LogP contribution in [0.3, 0.4) is 0 Å². The minimum atomic E-state index is -1.51. The molecular formula is C26H36N6O10. The van der Waals surface area contributed by atoms with Gasteiger partial charge in [-0.3, -0.25) is 34.1 Å². The Morgan fingerprint density at radius 1 is 1.02 bits per heavy atom. The molecule has 16 nitrogen and oxygen atoms in total. The number of rotatable bonds is 11. The van der Waals surface area contributed by atoms with E-state index in [1.165, 1.54) is 30.9 Å². The maximum Gasteiger partial charge on any atom is 0.408 e. The molecule has 1 saturated heterocycles. The Morgan fingerprint density at radius 3 is 2.19 bits per heavy atom. The second-order valence-electron chi connectivity index (χ2n) is 10.7. The summed E-state index contributed by atoms with van der Waals surface area (Å²) in [6.07, 6.45) is -0.896. The molecule has 1 fully saturated rings. The number of carbonyl (C=O) groups is 6. The number of non-ortho nitro benzene ring substituents is 1. The van der Waals surface area contributed by atoms with Gasteiger partial charge in [-0.05, 0) is 59.6 Å². The fourth-order valence-electron chi connectivity index (χ4n) is 4.05. The number of anilines is 1. The van der Waals surface area contributed by atoms with E-state index in [0.29, 0.717) is 6.42 Å². The molecule has 0 radical (unpaired) electrons. The molecule has 1 heterocycles. The maximum atomic E-state index is 13.1. The predicted octanol–water partition coefficient (Wildman–Crippen LogP) is 0.902. The van der Waals surface area contributed by atoms with E-state index >= 15 is 0 Å². The molecular weight excluding hydrogens is 556 g/mol. The van der Waals surface area contributed by atoms with Crippen LogP contribution in [0.1, 0.15) is 53.9 Å². The van der Waals surface area contributed by atoms with Gasteiger partial charge in [0.25, 0.3) is 5.69 Å². The number of carboxylic acids is 1. The molecule has 0 aliphatic carbocycles. The minimum absolute atomic E-state index is 0.146. The van der Waals surface area contributed by atoms with Crippen molar-refractivity contribution < 1.29 is 43.5 Å². The number of alkyl carbamates (subject to hydrolysis) is 1. The highest BCUT2D eigenvalue weighted by Crippen LogP contribution is 2.20. The average Bonchev–Trinajstić information content (AvgIpc) is 3.36. The molecule has 42 heavy (non-hydrogen) atoms. The largest absolute Gasteiger partial charge is 0.481 e. The van der Waals surface area contributed by atoms with Gasteiger partial charge in [0.05, 0.1) is 11.3 Å². The van der Waals surface area contributed by atoms with Crippen molar-refractivity contribution in [2.75, 3.05) is 11.9 Å². The molecule has 5 N–H and O–H groups in total. The van der Waals surface area contributed by atoms with Crippen molar-refractivity contribution in [1.82, 2.24) is 20.9 Å². The monoisotopic (exact) mass is 592 g/mol. The van der Waals surface area contributed by atoms with Crippen molar-refractivity contribution in [3.8, 4) is 0 Å². The van der Waals surface area contributed by atoms with E-state index in [1.54, 1.807) is 20.8 Å². The number of nitro benzene ring substituents is 1. The van der Waals surface area contributed by atoms with Crippen LogP contribution in [0.4, 0.5) is 16.2 Å². The summed E-state index contributed by atoms with van der Waals surface area (Å²) in [7, 11) is 0. The lowest BCUT2D eigenvalue weighted by atomic mass is 10.1. The molecule has 1 aliphatic rings. The van der Waals surface area contributed by atoms with E-state index in [1.807, 2.05) is 0 Å². The molecule has 4 atom stereocenters. The van der Waals surface area contributed by atoms with Crippen molar-refractivity contribution in [1.29, 1.82) is 0 Å². The molecule has 0 aromatic heterocycles. The number of hydrogen-bond acceptors (Lipinski definition) is 9. The van der Waals surface area contributed by atoms with E-state index in [0.717, 1.165) is 12.1 Å². The van der Waals surface area contributed by atoms with Gasteiger partial charge in [-0.2, -0.15) is 0 Å². The summed E-state index contributed by atoms with van der Waals surface area (Å²) in [5.74, 6) is -4.25. The van der Waals surface area contributed by atoms with E-state index in [2.05, 4.69) is 21.3 Å². The summed E-state index contributed by atoms with van der Waals surface area (Å²) in [5, 5.41) is 29.8. The van der Waals surface area contributed by atoms with Crippen LogP contribution >= 0.6 is 0 Å². The smallest absolute Gasteiger partial charge is 0.408 e. The topological polar surface area (TPSA) is 226 Å². The van der Waals surface area contributed by atoms with Gasteiger partial charge >= 0.3 is 12.1 Å². The number of ether oxygens (including phenoxy) is 1. The van der Waals surface area contributed by atoms with E-state index in [9.17, 15) is 44.0 Å². The van der Waals surface area contributed by atoms with Gasteiger partial charge in [-0.1, -0.05) is 0 Å². The highest BCUT2D eigenvalue weighted by molar-refractivity contribution is 6.00. The first-order valence-corrected chi connectivity index (χ1v) is 13.2. The van der Waals surface area contributed by atoms with Crippen molar-refractivity contribution in [3.05, 3.63) is 34.4 Å². The number of nitro groups is 1. The molecule has 1 aromatic carbocycles. The van der Waals surface area contributed by atoms with E-state index in [-0.39, 0.29) is 24.3 Å². The van der Waals surface area contributed by atoms with Crippen molar-refractivity contribution >= 4 is 47.1 Å². The fourth-order valence-corrected chi connectivity index (χ4v) is 4.05. The summed E-state index contributed by atoms with van der Waals surface area (Å²) >= 11 is 0. The van der Waals surface area contributed by atoms with Gasteiger partial charge in [-0.15, -0.1) is 0 Å². The molecule has 230 valence electrons. The molecule has 1 aliphatic heterocycles. The summed E-state index contributed by atoms with van der Waals surface area (Å²) < 4.78 is 5.11. The third kappa shape index (κ3) is 10.0. The van der Waals surface area contributed by atoms with Crippen LogP contribution in [0.5, 0.6) is 0 Å². The van der Waals surface area contributed by atoms with Crippen LogP contribution in [0.2, 0.25) is 0 Å². The first-order chi connectivity index (χ1) is 19.5. The lowest BCUT2D eigenvalue weighted by Gasteiger charge is -2.29. The number of hydrogen-bond donors (Lipinski definition) is 5. The summed E-state index contributed by atoms with van der Waals surface area (Å²) in [4.78, 5) is 86.4. The van der Waals surface area contributed by atoms with Crippen LogP contribution in [0.25, 0.3) is 0 Å². The zero-order chi connectivity index (χ0) is 31.8. The normalized spacial score (nSPS) is 16.8. The number of aliphatic carboxylic acids is 1. The van der Waals surface area contributed by atoms with Crippen molar-refractivity contribution in [2.45, 2.75) is 83.6 Å². The van der Waals surface area contributed by atoms with Gasteiger partial charge in [-0.25, -0.2) is 4.79 Å². The highest BCUT2D eigenvalue weighted by atomic mass is 16.6. The Hall–Kier alpha value is -4.76. The third-order valence-corrected chi connectivity index (χ3v) is 6.05. The summed E-state index contributed by atoms with van der Waals surface area (Å²) in [6, 6.07) is 0.164. The standard InChI is InChI=1S/C26H36N6O10/c1-14(28-25(39)42-26(3,4)5)21(35)27-15(2)24(38)31-12-6-7-19(31)23(37)30-18(13-20(33)34)22(36)29-16-8-10-17(11-9-16)32(40)41/h8-11,14-15,18-19H,6-7,12-13H2,1-5H3,(H,27,35)(H,28,39)(H,29,36)(H,30,37)(H,33,34)/t14-,15-,18-,19-/m0/s1. The van der Waals surface area contributed by atoms with Crippen molar-refractivity contribution in [2.24, 2.45) is 0 Å². The SMILES string of the molecule is C[C@H](NC(=O)OC(C)(C)C)C(=O)N[C@@H](C)C(=O)N1CCC[C@H]1C(=O)N[C@@H](CC(=O)O)C(=O)Nc1ccc([N+](=O)[O-])cc1. The Balaban J connectivity index is 2.03. The Bertz CT molecular complexity index is 1210. The number of carbonyl (C=O) groups excluding carboxylic acids is 5. The van der Waals surface area contributed by atoms with Gasteiger partial charge < -0.3 is 36.0 Å². The molecule has 0 unspecified atom stereocenters. The molecule has 1 aromatic rings. The zero-order valence-corrected chi connectivity index (χ0v) is 24.0. The molecule has 5 amide bonds. The van der Waals surface area contributed by atoms with Crippen LogP contribution in [-0.2, 0) is 28.7 Å². The molecule has 2 rings (SSSR count). The number of amides is 5. The fraction of sp³-hybridized carbons (Fsp3) is 0.538. The molecule has 0 saturated carbocycles. The zero-order valence-electron chi connectivity index (χ0n) is 24.0. The highest BCUT2D eigenvalue weighted by Gasteiger charge is 2.38. The summed E-state index contributed by atoms with van der Waals surface area (Å²) in [6.45, 7) is 7.99. The lowest BCUT2D eigenvalue weighted by Crippen LogP contribution is -2.56. The van der Waals surface area contributed by atoms with Crippen LogP contribution in [-0.4, -0.2) is 86.9 Å². The summed E-state index contributed by atoms with van der Waals surface area (Å²) in [5.41, 5.74) is -0.842. The first-order valence-electron chi connectivity index (χ1n) is 13.2. The maximum absolute atomic E-state index is 13.1. The first kappa shape index (κ1) is 33.4. The predicted molar refractivity (Wildman–Crippen MR) is 147 cm³/mol. The quantitative estimate of drug-likeness (QED) is 0.180. The molecule has 16 heteroatoms. The van der Waals surface area contributed by atoms with Crippen LogP contribution in [0, 0.1) is 10.1 Å². The second-order valence-corrected chi connectivity index (χ2v) is 10.7. The van der Waals surface area contributed by atoms with Crippen LogP contribution < -0.4 is 21.3 Å².